The summed E-state index contributed by atoms with van der Waals surface area (Å²) in [5.41, 5.74) is 0.420. The first-order valence-electron chi connectivity index (χ1n) is 8.30. The number of ether oxygens (including phenoxy) is 2. The minimum atomic E-state index is -4.76. The van der Waals surface area contributed by atoms with Gasteiger partial charge in [-0.15, -0.1) is 13.2 Å². The van der Waals surface area contributed by atoms with Crippen LogP contribution in [-0.4, -0.2) is 25.5 Å². The number of benzene rings is 2. The highest BCUT2D eigenvalue weighted by atomic mass is 35.5. The zero-order valence-electron chi connectivity index (χ0n) is 14.2. The summed E-state index contributed by atoms with van der Waals surface area (Å²) >= 11 is 5.95. The molecule has 1 saturated heterocycles. The molecule has 27 heavy (non-hydrogen) atoms. The highest BCUT2D eigenvalue weighted by Crippen LogP contribution is 2.37. The highest BCUT2D eigenvalue weighted by molar-refractivity contribution is 6.30. The summed E-state index contributed by atoms with van der Waals surface area (Å²) in [5.74, 6) is -0.586. The lowest BCUT2D eigenvalue weighted by atomic mass is 9.73. The summed E-state index contributed by atoms with van der Waals surface area (Å²) in [6.45, 7) is 0.878. The molecule has 1 fully saturated rings. The molecule has 1 amide bonds. The van der Waals surface area contributed by atoms with Crippen molar-refractivity contribution in [2.75, 3.05) is 18.5 Å². The Balaban J connectivity index is 1.80. The van der Waals surface area contributed by atoms with E-state index in [9.17, 15) is 18.0 Å². The van der Waals surface area contributed by atoms with Crippen LogP contribution in [0.3, 0.4) is 0 Å². The van der Waals surface area contributed by atoms with Crippen LogP contribution in [0.5, 0.6) is 5.75 Å². The van der Waals surface area contributed by atoms with Crippen LogP contribution in [0.15, 0.2) is 48.5 Å². The van der Waals surface area contributed by atoms with Gasteiger partial charge in [-0.05, 0) is 54.8 Å². The van der Waals surface area contributed by atoms with Gasteiger partial charge in [0.05, 0.1) is 5.41 Å². The largest absolute Gasteiger partial charge is 0.573 e. The Morgan fingerprint density at radius 1 is 1.04 bits per heavy atom. The molecular formula is C19H17ClF3NO3. The number of halogens is 4. The maximum absolute atomic E-state index is 13.1. The number of hydrogen-bond acceptors (Lipinski definition) is 3. The number of carbonyl (C=O) groups is 1. The van der Waals surface area contributed by atoms with E-state index in [1.807, 2.05) is 12.1 Å². The second-order valence-corrected chi connectivity index (χ2v) is 6.66. The second kappa shape index (κ2) is 7.78. The zero-order chi connectivity index (χ0) is 19.5. The number of hydrogen-bond donors (Lipinski definition) is 1. The summed E-state index contributed by atoms with van der Waals surface area (Å²) in [4.78, 5) is 13.1. The summed E-state index contributed by atoms with van der Waals surface area (Å²) in [7, 11) is 0. The van der Waals surface area contributed by atoms with E-state index in [0.29, 0.717) is 36.8 Å². The smallest absolute Gasteiger partial charge is 0.406 e. The molecule has 0 spiro atoms. The molecule has 2 aromatic carbocycles. The summed E-state index contributed by atoms with van der Waals surface area (Å²) in [6, 6.07) is 12.1. The Labute approximate surface area is 159 Å². The van der Waals surface area contributed by atoms with Gasteiger partial charge in [-0.1, -0.05) is 23.7 Å². The van der Waals surface area contributed by atoms with E-state index in [4.69, 9.17) is 16.3 Å². The van der Waals surface area contributed by atoms with Crippen molar-refractivity contribution in [1.29, 1.82) is 0 Å². The third-order valence-electron chi connectivity index (χ3n) is 4.52. The molecule has 3 rings (SSSR count). The summed E-state index contributed by atoms with van der Waals surface area (Å²) in [6.07, 6.45) is -3.77. The van der Waals surface area contributed by atoms with Gasteiger partial charge in [-0.2, -0.15) is 0 Å². The molecule has 0 radical (unpaired) electrons. The van der Waals surface area contributed by atoms with Crippen LogP contribution in [0.4, 0.5) is 18.9 Å². The molecule has 1 aliphatic rings. The van der Waals surface area contributed by atoms with E-state index < -0.39 is 11.8 Å². The third kappa shape index (κ3) is 4.73. The van der Waals surface area contributed by atoms with Crippen molar-refractivity contribution >= 4 is 23.2 Å². The second-order valence-electron chi connectivity index (χ2n) is 6.23. The van der Waals surface area contributed by atoms with Gasteiger partial charge >= 0.3 is 6.36 Å². The average Bonchev–Trinajstić information content (AvgIpc) is 2.63. The molecule has 0 saturated carbocycles. The zero-order valence-corrected chi connectivity index (χ0v) is 14.9. The van der Waals surface area contributed by atoms with Crippen molar-refractivity contribution in [2.45, 2.75) is 24.6 Å². The summed E-state index contributed by atoms with van der Waals surface area (Å²) in [5, 5.41) is 3.36. The van der Waals surface area contributed by atoms with E-state index in [0.717, 1.165) is 17.7 Å². The van der Waals surface area contributed by atoms with E-state index in [2.05, 4.69) is 10.1 Å². The van der Waals surface area contributed by atoms with Crippen molar-refractivity contribution in [3.63, 3.8) is 0 Å². The van der Waals surface area contributed by atoms with E-state index in [1.165, 1.54) is 12.1 Å². The van der Waals surface area contributed by atoms with Crippen LogP contribution in [0.2, 0.25) is 5.02 Å². The topological polar surface area (TPSA) is 47.6 Å². The van der Waals surface area contributed by atoms with Gasteiger partial charge in [0.25, 0.3) is 0 Å². The minimum Gasteiger partial charge on any atom is -0.406 e. The lowest BCUT2D eigenvalue weighted by Gasteiger charge is -2.36. The van der Waals surface area contributed by atoms with Crippen LogP contribution < -0.4 is 10.1 Å². The number of anilines is 1. The molecule has 1 aliphatic heterocycles. The molecule has 2 aromatic rings. The van der Waals surface area contributed by atoms with Crippen LogP contribution in [0, 0.1) is 0 Å². The van der Waals surface area contributed by atoms with Crippen LogP contribution >= 0.6 is 11.6 Å². The lowest BCUT2D eigenvalue weighted by Crippen LogP contribution is -2.44. The molecule has 0 aliphatic carbocycles. The van der Waals surface area contributed by atoms with Crippen molar-refractivity contribution in [3.8, 4) is 5.75 Å². The fraction of sp³-hybridized carbons (Fsp3) is 0.316. The molecule has 1 N–H and O–H groups in total. The van der Waals surface area contributed by atoms with Gasteiger partial charge in [0, 0.05) is 23.9 Å². The van der Waals surface area contributed by atoms with Gasteiger partial charge in [0.1, 0.15) is 5.75 Å². The standard InChI is InChI=1S/C19H17ClF3NO3/c20-14-3-1-13(2-4-14)18(9-11-26-12-10-18)17(25)24-15-5-7-16(8-6-15)27-19(21,22)23/h1-8H,9-12H2,(H,24,25). The predicted molar refractivity (Wildman–Crippen MR) is 94.9 cm³/mol. The number of alkyl halides is 3. The van der Waals surface area contributed by atoms with Gasteiger partial charge < -0.3 is 14.8 Å². The Morgan fingerprint density at radius 2 is 1.63 bits per heavy atom. The molecule has 0 unspecified atom stereocenters. The van der Waals surface area contributed by atoms with Crippen molar-refractivity contribution < 1.29 is 27.4 Å². The highest BCUT2D eigenvalue weighted by Gasteiger charge is 2.41. The van der Waals surface area contributed by atoms with E-state index in [1.54, 1.807) is 12.1 Å². The quantitative estimate of drug-likeness (QED) is 0.793. The molecule has 0 bridgehead atoms. The fourth-order valence-corrected chi connectivity index (χ4v) is 3.25. The number of nitrogens with one attached hydrogen (secondary N) is 1. The van der Waals surface area contributed by atoms with Crippen molar-refractivity contribution in [1.82, 2.24) is 0 Å². The summed E-state index contributed by atoms with van der Waals surface area (Å²) < 4.78 is 46.0. The number of rotatable bonds is 4. The van der Waals surface area contributed by atoms with Gasteiger partial charge in [0.15, 0.2) is 0 Å². The molecule has 4 nitrogen and oxygen atoms in total. The first kappa shape index (κ1) is 19.5. The van der Waals surface area contributed by atoms with E-state index in [-0.39, 0.29) is 11.7 Å². The maximum atomic E-state index is 13.1. The Morgan fingerprint density at radius 3 is 2.19 bits per heavy atom. The Kier molecular flexibility index (Phi) is 5.62. The molecule has 0 atom stereocenters. The van der Waals surface area contributed by atoms with Crippen LogP contribution in [0.25, 0.3) is 0 Å². The first-order chi connectivity index (χ1) is 12.8. The molecular weight excluding hydrogens is 383 g/mol. The van der Waals surface area contributed by atoms with Crippen molar-refractivity contribution in [3.05, 3.63) is 59.1 Å². The van der Waals surface area contributed by atoms with Crippen LogP contribution in [-0.2, 0) is 14.9 Å². The number of carbonyl (C=O) groups excluding carboxylic acids is 1. The Hall–Kier alpha value is -2.25. The van der Waals surface area contributed by atoms with Gasteiger partial charge in [-0.3, -0.25) is 4.79 Å². The van der Waals surface area contributed by atoms with Gasteiger partial charge in [0.2, 0.25) is 5.91 Å². The van der Waals surface area contributed by atoms with E-state index >= 15 is 0 Å². The average molecular weight is 400 g/mol. The normalized spacial score (nSPS) is 16.6. The van der Waals surface area contributed by atoms with Gasteiger partial charge in [-0.25, -0.2) is 0 Å². The fourth-order valence-electron chi connectivity index (χ4n) is 3.13. The molecule has 8 heteroatoms. The van der Waals surface area contributed by atoms with Crippen molar-refractivity contribution in [2.24, 2.45) is 0 Å². The lowest BCUT2D eigenvalue weighted by molar-refractivity contribution is -0.274. The third-order valence-corrected chi connectivity index (χ3v) is 4.78. The number of amides is 1. The minimum absolute atomic E-state index is 0.238. The predicted octanol–water partition coefficient (Wildman–Crippen LogP) is 4.93. The maximum Gasteiger partial charge on any atom is 0.573 e. The van der Waals surface area contributed by atoms with Crippen LogP contribution in [0.1, 0.15) is 18.4 Å². The Bertz CT molecular complexity index is 785. The molecule has 1 heterocycles. The monoisotopic (exact) mass is 399 g/mol. The SMILES string of the molecule is O=C(Nc1ccc(OC(F)(F)F)cc1)C1(c2ccc(Cl)cc2)CCOCC1. The molecule has 0 aromatic heterocycles. The molecule has 144 valence electrons. The first-order valence-corrected chi connectivity index (χ1v) is 8.67.